The summed E-state index contributed by atoms with van der Waals surface area (Å²) in [7, 11) is 0. The van der Waals surface area contributed by atoms with E-state index in [1.54, 1.807) is 24.5 Å². The third-order valence-electron chi connectivity index (χ3n) is 3.82. The molecule has 0 aliphatic heterocycles. The van der Waals surface area contributed by atoms with Crippen LogP contribution in [0.3, 0.4) is 0 Å². The third kappa shape index (κ3) is 2.73. The number of H-pyrrole nitrogens is 1. The molecule has 0 radical (unpaired) electrons. The van der Waals surface area contributed by atoms with Gasteiger partial charge < -0.3 is 0 Å². The maximum Gasteiger partial charge on any atom is 0.132 e. The van der Waals surface area contributed by atoms with Crippen LogP contribution >= 0.6 is 11.6 Å². The average Bonchev–Trinajstić information content (AvgIpc) is 3.12. The second-order valence-corrected chi connectivity index (χ2v) is 5.82. The highest BCUT2D eigenvalue weighted by Gasteiger charge is 2.15. The molecule has 1 N–H and O–H groups in total. The first-order valence-corrected chi connectivity index (χ1v) is 7.76. The van der Waals surface area contributed by atoms with Crippen molar-refractivity contribution < 1.29 is 4.39 Å². The molecule has 4 nitrogen and oxygen atoms in total. The van der Waals surface area contributed by atoms with Crippen molar-refractivity contribution in [1.82, 2.24) is 20.2 Å². The van der Waals surface area contributed by atoms with E-state index < -0.39 is 5.82 Å². The van der Waals surface area contributed by atoms with Crippen LogP contribution in [-0.4, -0.2) is 20.2 Å². The molecule has 120 valence electrons. The van der Waals surface area contributed by atoms with Gasteiger partial charge >= 0.3 is 0 Å². The molecule has 0 aliphatic carbocycles. The van der Waals surface area contributed by atoms with Crippen molar-refractivity contribution >= 4 is 22.6 Å². The predicted octanol–water partition coefficient (Wildman–Crippen LogP) is 4.46. The summed E-state index contributed by atoms with van der Waals surface area (Å²) in [5.74, 6) is 2.14. The largest absolute Gasteiger partial charge is 0.277 e. The van der Waals surface area contributed by atoms with Crippen molar-refractivity contribution in [3.8, 4) is 34.9 Å². The molecule has 0 saturated carbocycles. The highest BCUT2D eigenvalue weighted by molar-refractivity contribution is 6.30. The summed E-state index contributed by atoms with van der Waals surface area (Å²) in [6.07, 6.45) is 8.64. The van der Waals surface area contributed by atoms with Gasteiger partial charge in [-0.05, 0) is 36.4 Å². The van der Waals surface area contributed by atoms with E-state index in [1.165, 1.54) is 12.1 Å². The monoisotopic (exact) mass is 348 g/mol. The fraction of sp³-hybridized carbons (Fsp3) is 0. The molecule has 4 rings (SSSR count). The first kappa shape index (κ1) is 15.3. The number of benzene rings is 1. The van der Waals surface area contributed by atoms with E-state index in [-0.39, 0.29) is 0 Å². The Balaban J connectivity index is 1.89. The molecule has 25 heavy (non-hydrogen) atoms. The summed E-state index contributed by atoms with van der Waals surface area (Å²) >= 11 is 6.00. The quantitative estimate of drug-likeness (QED) is 0.544. The van der Waals surface area contributed by atoms with Gasteiger partial charge in [0.25, 0.3) is 0 Å². The van der Waals surface area contributed by atoms with Crippen LogP contribution in [0.25, 0.3) is 33.5 Å². The summed E-state index contributed by atoms with van der Waals surface area (Å²) < 4.78 is 14.2. The van der Waals surface area contributed by atoms with Crippen molar-refractivity contribution in [2.75, 3.05) is 0 Å². The Bertz CT molecular complexity index is 1140. The summed E-state index contributed by atoms with van der Waals surface area (Å²) in [6.45, 7) is 0. The Hall–Kier alpha value is -3.23. The Morgan fingerprint density at radius 1 is 1.04 bits per heavy atom. The second kappa shape index (κ2) is 6.00. The number of nitrogens with zero attached hydrogens (tertiary/aromatic N) is 3. The van der Waals surface area contributed by atoms with Crippen molar-refractivity contribution in [2.45, 2.75) is 0 Å². The summed E-state index contributed by atoms with van der Waals surface area (Å²) in [5.41, 5.74) is 4.16. The Kier molecular flexibility index (Phi) is 3.68. The Morgan fingerprint density at radius 2 is 1.92 bits per heavy atom. The number of hydrogen-bond donors (Lipinski definition) is 1. The number of aromatic amines is 1. The van der Waals surface area contributed by atoms with Crippen molar-refractivity contribution in [2.24, 2.45) is 0 Å². The van der Waals surface area contributed by atoms with Crippen molar-refractivity contribution in [3.05, 3.63) is 65.2 Å². The molecule has 3 aromatic heterocycles. The highest BCUT2D eigenvalue weighted by atomic mass is 35.5. The minimum atomic E-state index is -0.396. The fourth-order valence-corrected chi connectivity index (χ4v) is 2.78. The first-order chi connectivity index (χ1) is 12.2. The van der Waals surface area contributed by atoms with Crippen molar-refractivity contribution in [3.63, 3.8) is 0 Å². The topological polar surface area (TPSA) is 54.5 Å². The number of aromatic nitrogens is 4. The maximum absolute atomic E-state index is 14.2. The zero-order chi connectivity index (χ0) is 17.4. The number of nitrogens with one attached hydrogen (secondary N) is 1. The Labute approximate surface area is 147 Å². The van der Waals surface area contributed by atoms with Gasteiger partial charge in [0.15, 0.2) is 0 Å². The van der Waals surface area contributed by atoms with E-state index in [0.717, 1.165) is 5.52 Å². The van der Waals surface area contributed by atoms with Crippen LogP contribution in [0.5, 0.6) is 0 Å². The van der Waals surface area contributed by atoms with Gasteiger partial charge in [0.2, 0.25) is 0 Å². The lowest BCUT2D eigenvalue weighted by Gasteiger charge is -2.06. The molecule has 4 aromatic rings. The number of halogens is 2. The SMILES string of the molecule is C#Cc1cnc2ccc(-c3cn[nH]c3-c3cc(Cl)ccc3F)nc2c1. The van der Waals surface area contributed by atoms with Gasteiger partial charge in [-0.1, -0.05) is 17.5 Å². The maximum atomic E-state index is 14.2. The zero-order valence-corrected chi connectivity index (χ0v) is 13.5. The molecule has 1 aromatic carbocycles. The van der Waals surface area contributed by atoms with Crippen LogP contribution in [-0.2, 0) is 0 Å². The molecular weight excluding hydrogens is 339 g/mol. The number of rotatable bonds is 2. The predicted molar refractivity (Wildman–Crippen MR) is 95.5 cm³/mol. The molecule has 0 unspecified atom stereocenters. The molecule has 0 spiro atoms. The summed E-state index contributed by atoms with van der Waals surface area (Å²) in [4.78, 5) is 8.87. The minimum absolute atomic E-state index is 0.331. The summed E-state index contributed by atoms with van der Waals surface area (Å²) in [5, 5.41) is 7.30. The normalized spacial score (nSPS) is 10.8. The van der Waals surface area contributed by atoms with Gasteiger partial charge in [-0.25, -0.2) is 9.37 Å². The lowest BCUT2D eigenvalue weighted by molar-refractivity contribution is 0.630. The van der Waals surface area contributed by atoms with Crippen molar-refractivity contribution in [1.29, 1.82) is 0 Å². The average molecular weight is 349 g/mol. The molecule has 0 bridgehead atoms. The number of pyridine rings is 2. The second-order valence-electron chi connectivity index (χ2n) is 5.39. The lowest BCUT2D eigenvalue weighted by atomic mass is 10.0. The smallest absolute Gasteiger partial charge is 0.132 e. The lowest BCUT2D eigenvalue weighted by Crippen LogP contribution is -1.91. The van der Waals surface area contributed by atoms with Gasteiger partial charge in [0, 0.05) is 27.9 Å². The van der Waals surface area contributed by atoms with Crippen LogP contribution in [0.1, 0.15) is 5.56 Å². The molecule has 0 aliphatic rings. The van der Waals surface area contributed by atoms with Crippen LogP contribution < -0.4 is 0 Å². The molecule has 0 atom stereocenters. The van der Waals surface area contributed by atoms with Crippen LogP contribution in [0.15, 0.2) is 48.8 Å². The van der Waals surface area contributed by atoms with Crippen LogP contribution in [0.4, 0.5) is 4.39 Å². The van der Waals surface area contributed by atoms with E-state index in [9.17, 15) is 4.39 Å². The van der Waals surface area contributed by atoms with E-state index in [4.69, 9.17) is 18.0 Å². The first-order valence-electron chi connectivity index (χ1n) is 7.38. The molecular formula is C19H10ClFN4. The Morgan fingerprint density at radius 3 is 2.76 bits per heavy atom. The molecule has 3 heterocycles. The number of terminal acetylenes is 1. The molecule has 0 amide bonds. The van der Waals surface area contributed by atoms with Gasteiger partial charge in [-0.15, -0.1) is 6.42 Å². The van der Waals surface area contributed by atoms with E-state index in [2.05, 4.69) is 26.1 Å². The number of hydrogen-bond acceptors (Lipinski definition) is 3. The molecule has 6 heteroatoms. The van der Waals surface area contributed by atoms with Gasteiger partial charge in [0.05, 0.1) is 28.6 Å². The summed E-state index contributed by atoms with van der Waals surface area (Å²) in [6, 6.07) is 9.79. The molecule has 0 saturated heterocycles. The highest BCUT2D eigenvalue weighted by Crippen LogP contribution is 2.32. The van der Waals surface area contributed by atoms with Gasteiger partial charge in [0.1, 0.15) is 5.82 Å². The minimum Gasteiger partial charge on any atom is -0.277 e. The number of fused-ring (bicyclic) bond motifs is 1. The standard InChI is InChI=1S/C19H10ClFN4/c1-2-11-7-18-17(22-9-11)6-5-16(24-18)14-10-23-25-19(14)13-8-12(20)3-4-15(13)21/h1,3-10H,(H,23,25). The molecule has 0 fully saturated rings. The fourth-order valence-electron chi connectivity index (χ4n) is 2.61. The van der Waals surface area contributed by atoms with Gasteiger partial charge in [-0.3, -0.25) is 10.1 Å². The van der Waals surface area contributed by atoms with Crippen LogP contribution in [0.2, 0.25) is 5.02 Å². The van der Waals surface area contributed by atoms with E-state index in [1.807, 2.05) is 12.1 Å². The third-order valence-corrected chi connectivity index (χ3v) is 4.05. The van der Waals surface area contributed by atoms with E-state index in [0.29, 0.717) is 38.6 Å². The zero-order valence-electron chi connectivity index (χ0n) is 12.8. The van der Waals surface area contributed by atoms with E-state index >= 15 is 0 Å². The van der Waals surface area contributed by atoms with Gasteiger partial charge in [-0.2, -0.15) is 5.10 Å². The van der Waals surface area contributed by atoms with Crippen LogP contribution in [0, 0.1) is 18.2 Å².